The third-order valence-electron chi connectivity index (χ3n) is 6.31. The summed E-state index contributed by atoms with van der Waals surface area (Å²) in [6.45, 7) is 0. The molecule has 0 radical (unpaired) electrons. The van der Waals surface area contributed by atoms with Gasteiger partial charge in [0, 0.05) is 30.3 Å². The molecule has 2 aliphatic rings. The van der Waals surface area contributed by atoms with Crippen LogP contribution in [0.2, 0.25) is 0 Å². The van der Waals surface area contributed by atoms with Gasteiger partial charge in [0.2, 0.25) is 15.9 Å². The summed E-state index contributed by atoms with van der Waals surface area (Å²) in [6, 6.07) is 9.70. The van der Waals surface area contributed by atoms with E-state index < -0.39 is 21.7 Å². The van der Waals surface area contributed by atoms with Crippen molar-refractivity contribution in [2.24, 2.45) is 5.92 Å². The van der Waals surface area contributed by atoms with E-state index in [0.717, 1.165) is 44.9 Å². The van der Waals surface area contributed by atoms with E-state index in [-0.39, 0.29) is 34.0 Å². The van der Waals surface area contributed by atoms with Crippen molar-refractivity contribution in [1.82, 2.24) is 4.31 Å². The molecule has 0 unspecified atom stereocenters. The van der Waals surface area contributed by atoms with Crippen molar-refractivity contribution in [2.75, 3.05) is 17.7 Å². The zero-order valence-electron chi connectivity index (χ0n) is 18.5. The molecule has 2 fully saturated rings. The van der Waals surface area contributed by atoms with E-state index in [1.165, 1.54) is 46.8 Å². The Morgan fingerprint density at radius 3 is 2.24 bits per heavy atom. The van der Waals surface area contributed by atoms with Crippen molar-refractivity contribution in [2.45, 2.75) is 55.9 Å². The van der Waals surface area contributed by atoms with Crippen molar-refractivity contribution in [3.05, 3.63) is 53.8 Å². The molecule has 2 N–H and O–H groups in total. The van der Waals surface area contributed by atoms with Crippen molar-refractivity contribution >= 4 is 33.2 Å². The van der Waals surface area contributed by atoms with Crippen LogP contribution in [0.1, 0.15) is 55.3 Å². The average molecular weight is 474 g/mol. The number of carbonyl (C=O) groups is 2. The Bertz CT molecular complexity index is 1140. The molecule has 0 aliphatic heterocycles. The minimum absolute atomic E-state index is 0.000183. The van der Waals surface area contributed by atoms with Gasteiger partial charge >= 0.3 is 0 Å². The van der Waals surface area contributed by atoms with Crippen LogP contribution in [0.5, 0.6) is 0 Å². The first-order chi connectivity index (χ1) is 15.8. The van der Waals surface area contributed by atoms with Crippen molar-refractivity contribution in [3.8, 4) is 0 Å². The number of hydrogen-bond donors (Lipinski definition) is 2. The second-order valence-electron chi connectivity index (χ2n) is 8.75. The molecule has 4 rings (SSSR count). The first kappa shape index (κ1) is 23.4. The Balaban J connectivity index is 1.43. The second-order valence-corrected chi connectivity index (χ2v) is 10.7. The molecule has 0 spiro atoms. The predicted molar refractivity (Wildman–Crippen MR) is 124 cm³/mol. The molecule has 0 aromatic heterocycles. The summed E-state index contributed by atoms with van der Waals surface area (Å²) in [7, 11) is -2.03. The van der Waals surface area contributed by atoms with Crippen LogP contribution in [0.15, 0.2) is 47.4 Å². The van der Waals surface area contributed by atoms with Gasteiger partial charge in [-0.15, -0.1) is 0 Å². The van der Waals surface area contributed by atoms with Crippen molar-refractivity contribution < 1.29 is 22.4 Å². The van der Waals surface area contributed by atoms with E-state index in [9.17, 15) is 22.4 Å². The third-order valence-corrected chi connectivity index (χ3v) is 8.24. The highest BCUT2D eigenvalue weighted by molar-refractivity contribution is 7.89. The summed E-state index contributed by atoms with van der Waals surface area (Å²) in [6.07, 6.45) is 6.50. The number of benzene rings is 2. The van der Waals surface area contributed by atoms with Crippen molar-refractivity contribution in [3.63, 3.8) is 0 Å². The van der Waals surface area contributed by atoms with E-state index >= 15 is 0 Å². The van der Waals surface area contributed by atoms with Crippen LogP contribution in [0.4, 0.5) is 15.8 Å². The number of nitrogens with one attached hydrogen (secondary N) is 2. The zero-order chi connectivity index (χ0) is 23.6. The van der Waals surface area contributed by atoms with Gasteiger partial charge in [0.25, 0.3) is 5.91 Å². The highest BCUT2D eigenvalue weighted by Crippen LogP contribution is 2.31. The van der Waals surface area contributed by atoms with Crippen LogP contribution in [0.3, 0.4) is 0 Å². The molecule has 2 aromatic carbocycles. The molecule has 2 aliphatic carbocycles. The topological polar surface area (TPSA) is 95.6 Å². The number of amides is 2. The Hall–Kier alpha value is -2.78. The molecule has 9 heteroatoms. The molecular weight excluding hydrogens is 445 g/mol. The molecule has 7 nitrogen and oxygen atoms in total. The van der Waals surface area contributed by atoms with Crippen LogP contribution in [-0.2, 0) is 14.8 Å². The normalized spacial score (nSPS) is 17.1. The number of nitrogens with zero attached hydrogens (tertiary/aromatic N) is 1. The van der Waals surface area contributed by atoms with Crippen LogP contribution in [0.25, 0.3) is 0 Å². The summed E-state index contributed by atoms with van der Waals surface area (Å²) < 4.78 is 41.4. The summed E-state index contributed by atoms with van der Waals surface area (Å²) in [5, 5.41) is 5.21. The van der Waals surface area contributed by atoms with Gasteiger partial charge in [0.15, 0.2) is 0 Å². The highest BCUT2D eigenvalue weighted by Gasteiger charge is 2.30. The molecule has 0 bridgehead atoms. The van der Waals surface area contributed by atoms with E-state index in [0.29, 0.717) is 5.69 Å². The monoisotopic (exact) mass is 473 g/mol. The number of carbonyl (C=O) groups excluding carboxylic acids is 2. The molecule has 0 heterocycles. The molecule has 0 saturated heterocycles. The fourth-order valence-corrected chi connectivity index (χ4v) is 5.48. The first-order valence-electron chi connectivity index (χ1n) is 11.3. The molecule has 33 heavy (non-hydrogen) atoms. The lowest BCUT2D eigenvalue weighted by Crippen LogP contribution is -2.38. The fourth-order valence-electron chi connectivity index (χ4n) is 4.07. The summed E-state index contributed by atoms with van der Waals surface area (Å²) in [5.74, 6) is -1.36. The maximum absolute atomic E-state index is 14.0. The molecule has 2 amide bonds. The van der Waals surface area contributed by atoms with E-state index in [4.69, 9.17) is 0 Å². The quantitative estimate of drug-likeness (QED) is 0.624. The molecule has 176 valence electrons. The lowest BCUT2D eigenvalue weighted by molar-refractivity contribution is -0.117. The number of sulfonamides is 1. The summed E-state index contributed by atoms with van der Waals surface area (Å²) in [5.41, 5.74) is 0.597. The van der Waals surface area contributed by atoms with Gasteiger partial charge in [-0.25, -0.2) is 12.8 Å². The minimum atomic E-state index is -3.64. The molecular formula is C24H28FN3O4S. The van der Waals surface area contributed by atoms with Crippen LogP contribution in [0, 0.1) is 11.7 Å². The smallest absolute Gasteiger partial charge is 0.255 e. The number of rotatable bonds is 7. The van der Waals surface area contributed by atoms with Gasteiger partial charge in [0.1, 0.15) is 5.82 Å². The molecule has 2 saturated carbocycles. The fraction of sp³-hybridized carbons (Fsp3) is 0.417. The number of halogens is 1. The standard InChI is InChI=1S/C24H28FN3O4S/c1-28(19-5-3-2-4-6-19)33(31,32)20-12-9-17(10-13-20)23(29)26-18-11-14-21(25)22(15-18)27-24(30)16-7-8-16/h9-16,19H,2-8H2,1H3,(H,26,29)(H,27,30). The van der Waals surface area contributed by atoms with Gasteiger partial charge in [-0.2, -0.15) is 4.31 Å². The maximum Gasteiger partial charge on any atom is 0.255 e. The van der Waals surface area contributed by atoms with Gasteiger partial charge in [0.05, 0.1) is 10.6 Å². The first-order valence-corrected chi connectivity index (χ1v) is 12.7. The van der Waals surface area contributed by atoms with E-state index in [1.807, 2.05) is 0 Å². The van der Waals surface area contributed by atoms with Gasteiger partial charge in [-0.3, -0.25) is 9.59 Å². The van der Waals surface area contributed by atoms with Crippen LogP contribution >= 0.6 is 0 Å². The lowest BCUT2D eigenvalue weighted by atomic mass is 9.96. The number of hydrogen-bond acceptors (Lipinski definition) is 4. The third kappa shape index (κ3) is 5.42. The highest BCUT2D eigenvalue weighted by atomic mass is 32.2. The number of anilines is 2. The molecule has 2 aromatic rings. The Kier molecular flexibility index (Phi) is 6.81. The van der Waals surface area contributed by atoms with Crippen LogP contribution < -0.4 is 10.6 Å². The average Bonchev–Trinajstić information content (AvgIpc) is 3.67. The Labute approximate surface area is 193 Å². The zero-order valence-corrected chi connectivity index (χ0v) is 19.3. The van der Waals surface area contributed by atoms with Gasteiger partial charge < -0.3 is 10.6 Å². The summed E-state index contributed by atoms with van der Waals surface area (Å²) >= 11 is 0. The second kappa shape index (κ2) is 9.61. The van der Waals surface area contributed by atoms with Crippen LogP contribution in [-0.4, -0.2) is 37.6 Å². The summed E-state index contributed by atoms with van der Waals surface area (Å²) in [4.78, 5) is 24.7. The minimum Gasteiger partial charge on any atom is -0.323 e. The maximum atomic E-state index is 14.0. The molecule has 0 atom stereocenters. The lowest BCUT2D eigenvalue weighted by Gasteiger charge is -2.30. The van der Waals surface area contributed by atoms with E-state index in [2.05, 4.69) is 10.6 Å². The predicted octanol–water partition coefficient (Wildman–Crippen LogP) is 4.38. The SMILES string of the molecule is CN(C1CCCCC1)S(=O)(=O)c1ccc(C(=O)Nc2ccc(F)c(NC(=O)C3CC3)c2)cc1. The van der Waals surface area contributed by atoms with E-state index in [1.54, 1.807) is 7.05 Å². The largest absolute Gasteiger partial charge is 0.323 e. The van der Waals surface area contributed by atoms with Crippen molar-refractivity contribution in [1.29, 1.82) is 0 Å². The Morgan fingerprint density at radius 1 is 0.939 bits per heavy atom. The van der Waals surface area contributed by atoms with Gasteiger partial charge in [-0.05, 0) is 68.1 Å². The van der Waals surface area contributed by atoms with Gasteiger partial charge in [-0.1, -0.05) is 19.3 Å². The Morgan fingerprint density at radius 2 is 1.61 bits per heavy atom.